The molecule has 0 saturated carbocycles. The van der Waals surface area contributed by atoms with Crippen molar-refractivity contribution in [2.24, 2.45) is 0 Å². The molecule has 2 atom stereocenters. The van der Waals surface area contributed by atoms with E-state index < -0.39 is 0 Å². The minimum Gasteiger partial charge on any atom is -0.399 e. The normalized spacial score (nSPS) is 25.0. The van der Waals surface area contributed by atoms with Gasteiger partial charge in [-0.15, -0.1) is 0 Å². The molecule has 0 amide bonds. The third kappa shape index (κ3) is 2.53. The number of hydrogen-bond acceptors (Lipinski definition) is 4. The van der Waals surface area contributed by atoms with Crippen LogP contribution >= 0.6 is 0 Å². The molecule has 2 rings (SSSR count). The number of nitrogens with zero attached hydrogens (tertiary/aromatic N) is 1. The van der Waals surface area contributed by atoms with Crippen molar-refractivity contribution in [2.75, 3.05) is 30.4 Å². The van der Waals surface area contributed by atoms with E-state index in [1.54, 1.807) is 0 Å². The van der Waals surface area contributed by atoms with Crippen LogP contribution in [0.3, 0.4) is 0 Å². The fourth-order valence-electron chi connectivity index (χ4n) is 2.26. The first-order valence-corrected chi connectivity index (χ1v) is 5.97. The topological polar surface area (TPSA) is 58.7 Å². The van der Waals surface area contributed by atoms with Crippen molar-refractivity contribution in [1.29, 1.82) is 0 Å². The summed E-state index contributed by atoms with van der Waals surface area (Å²) in [5.74, 6) is 0. The molecular weight excluding hydrogens is 216 g/mol. The highest BCUT2D eigenvalue weighted by molar-refractivity contribution is 5.60. The monoisotopic (exact) mass is 236 g/mol. The number of rotatable bonds is 2. The number of aryl methyl sites for hydroxylation is 1. The Bertz CT molecular complexity index is 395. The molecule has 3 N–H and O–H groups in total. The van der Waals surface area contributed by atoms with Gasteiger partial charge in [-0.3, -0.25) is 0 Å². The summed E-state index contributed by atoms with van der Waals surface area (Å²) in [7, 11) is 0. The molecule has 4 nitrogen and oxygen atoms in total. The first-order chi connectivity index (χ1) is 8.11. The predicted octanol–water partition coefficient (Wildman–Crippen LogP) is 1.16. The Labute approximate surface area is 102 Å². The van der Waals surface area contributed by atoms with Crippen molar-refractivity contribution in [2.45, 2.75) is 26.0 Å². The lowest BCUT2D eigenvalue weighted by Crippen LogP contribution is -2.49. The predicted molar refractivity (Wildman–Crippen MR) is 69.2 cm³/mol. The van der Waals surface area contributed by atoms with Crippen molar-refractivity contribution in [3.05, 3.63) is 23.8 Å². The summed E-state index contributed by atoms with van der Waals surface area (Å²) in [6.45, 7) is 5.62. The van der Waals surface area contributed by atoms with E-state index in [1.165, 1.54) is 5.69 Å². The van der Waals surface area contributed by atoms with Gasteiger partial charge in [0.05, 0.1) is 19.3 Å². The number of benzene rings is 1. The van der Waals surface area contributed by atoms with E-state index >= 15 is 0 Å². The van der Waals surface area contributed by atoms with Crippen LogP contribution in [0.25, 0.3) is 0 Å². The second-order valence-corrected chi connectivity index (χ2v) is 4.69. The van der Waals surface area contributed by atoms with Crippen LogP contribution in [0, 0.1) is 6.92 Å². The van der Waals surface area contributed by atoms with E-state index in [1.807, 2.05) is 18.2 Å². The Balaban J connectivity index is 2.24. The molecule has 2 unspecified atom stereocenters. The number of nitrogen functional groups attached to an aromatic ring is 1. The Hall–Kier alpha value is -1.26. The number of hydrogen-bond donors (Lipinski definition) is 2. The number of anilines is 2. The fourth-order valence-corrected chi connectivity index (χ4v) is 2.26. The van der Waals surface area contributed by atoms with Gasteiger partial charge < -0.3 is 20.5 Å². The molecule has 1 saturated heterocycles. The van der Waals surface area contributed by atoms with Crippen molar-refractivity contribution in [3.8, 4) is 0 Å². The number of nitrogens with two attached hydrogens (primary N) is 1. The maximum atomic E-state index is 9.18. The van der Waals surface area contributed by atoms with E-state index in [4.69, 9.17) is 10.5 Å². The molecule has 1 aliphatic heterocycles. The minimum atomic E-state index is -0.0943. The van der Waals surface area contributed by atoms with Gasteiger partial charge >= 0.3 is 0 Å². The molecule has 0 spiro atoms. The van der Waals surface area contributed by atoms with Crippen LogP contribution in [0.2, 0.25) is 0 Å². The Kier molecular flexibility index (Phi) is 3.54. The highest BCUT2D eigenvalue weighted by Gasteiger charge is 2.26. The fraction of sp³-hybridized carbons (Fsp3) is 0.538. The first-order valence-electron chi connectivity index (χ1n) is 5.97. The van der Waals surface area contributed by atoms with E-state index in [0.717, 1.165) is 17.8 Å². The van der Waals surface area contributed by atoms with Crippen molar-refractivity contribution in [3.63, 3.8) is 0 Å². The molecule has 1 heterocycles. The van der Waals surface area contributed by atoms with Gasteiger partial charge in [-0.2, -0.15) is 0 Å². The van der Waals surface area contributed by atoms with Gasteiger partial charge in [-0.05, 0) is 37.6 Å². The van der Waals surface area contributed by atoms with Gasteiger partial charge in [0.1, 0.15) is 0 Å². The summed E-state index contributed by atoms with van der Waals surface area (Å²) in [5.41, 5.74) is 8.88. The lowest BCUT2D eigenvalue weighted by Gasteiger charge is -2.39. The molecule has 17 heavy (non-hydrogen) atoms. The number of morpholine rings is 1. The lowest BCUT2D eigenvalue weighted by atomic mass is 10.1. The van der Waals surface area contributed by atoms with Crippen LogP contribution in [0.5, 0.6) is 0 Å². The molecule has 0 bridgehead atoms. The van der Waals surface area contributed by atoms with E-state index in [9.17, 15) is 5.11 Å². The molecular formula is C13H20N2O2. The second kappa shape index (κ2) is 4.94. The summed E-state index contributed by atoms with van der Waals surface area (Å²) >= 11 is 0. The van der Waals surface area contributed by atoms with Crippen LogP contribution in [0.1, 0.15) is 12.5 Å². The van der Waals surface area contributed by atoms with Crippen molar-refractivity contribution < 1.29 is 9.84 Å². The molecule has 1 aliphatic rings. The zero-order valence-electron chi connectivity index (χ0n) is 10.4. The maximum absolute atomic E-state index is 9.18. The van der Waals surface area contributed by atoms with E-state index in [2.05, 4.69) is 18.7 Å². The number of aliphatic hydroxyl groups excluding tert-OH is 1. The molecule has 1 fully saturated rings. The molecule has 1 aromatic rings. The lowest BCUT2D eigenvalue weighted by molar-refractivity contribution is -0.0103. The van der Waals surface area contributed by atoms with E-state index in [0.29, 0.717) is 12.6 Å². The van der Waals surface area contributed by atoms with Crippen LogP contribution in [0.15, 0.2) is 18.2 Å². The summed E-state index contributed by atoms with van der Waals surface area (Å²) < 4.78 is 5.54. The van der Waals surface area contributed by atoms with Gasteiger partial charge in [0.2, 0.25) is 0 Å². The quantitative estimate of drug-likeness (QED) is 0.757. The van der Waals surface area contributed by atoms with Gasteiger partial charge in [0.15, 0.2) is 0 Å². The molecule has 94 valence electrons. The maximum Gasteiger partial charge on any atom is 0.0981 e. The minimum absolute atomic E-state index is 0.0667. The standard InChI is InChI=1S/C13H20N2O2/c1-9-5-11(14)3-4-13(9)15-6-12(7-16)17-8-10(15)2/h3-5,10,12,16H,6-8,14H2,1-2H3. The smallest absolute Gasteiger partial charge is 0.0981 e. The SMILES string of the molecule is Cc1cc(N)ccc1N1CC(CO)OCC1C. The van der Waals surface area contributed by atoms with Gasteiger partial charge in [0.25, 0.3) is 0 Å². The Morgan fingerprint density at radius 1 is 1.53 bits per heavy atom. The van der Waals surface area contributed by atoms with Gasteiger partial charge in [0, 0.05) is 24.0 Å². The third-order valence-corrected chi connectivity index (χ3v) is 3.24. The Morgan fingerprint density at radius 2 is 2.29 bits per heavy atom. The average molecular weight is 236 g/mol. The van der Waals surface area contributed by atoms with Crippen molar-refractivity contribution in [1.82, 2.24) is 0 Å². The highest BCUT2D eigenvalue weighted by Crippen LogP contribution is 2.26. The summed E-state index contributed by atoms with van der Waals surface area (Å²) in [6.07, 6.45) is -0.0943. The molecule has 0 aliphatic carbocycles. The zero-order chi connectivity index (χ0) is 12.4. The van der Waals surface area contributed by atoms with Crippen LogP contribution < -0.4 is 10.6 Å². The third-order valence-electron chi connectivity index (χ3n) is 3.24. The Morgan fingerprint density at radius 3 is 2.94 bits per heavy atom. The van der Waals surface area contributed by atoms with E-state index in [-0.39, 0.29) is 12.7 Å². The molecule has 1 aromatic carbocycles. The largest absolute Gasteiger partial charge is 0.399 e. The number of aliphatic hydroxyl groups is 1. The van der Waals surface area contributed by atoms with Crippen LogP contribution in [-0.2, 0) is 4.74 Å². The summed E-state index contributed by atoms with van der Waals surface area (Å²) in [5, 5.41) is 9.18. The van der Waals surface area contributed by atoms with Crippen molar-refractivity contribution >= 4 is 11.4 Å². The van der Waals surface area contributed by atoms with Crippen LogP contribution in [-0.4, -0.2) is 37.0 Å². The molecule has 0 aromatic heterocycles. The highest BCUT2D eigenvalue weighted by atomic mass is 16.5. The van der Waals surface area contributed by atoms with Gasteiger partial charge in [-0.1, -0.05) is 0 Å². The zero-order valence-corrected chi connectivity index (χ0v) is 10.4. The van der Waals surface area contributed by atoms with Crippen LogP contribution in [0.4, 0.5) is 11.4 Å². The first kappa shape index (κ1) is 12.2. The molecule has 0 radical (unpaired) electrons. The summed E-state index contributed by atoms with van der Waals surface area (Å²) in [6, 6.07) is 6.25. The number of ether oxygens (including phenoxy) is 1. The molecule has 4 heteroatoms. The average Bonchev–Trinajstić information content (AvgIpc) is 2.30. The second-order valence-electron chi connectivity index (χ2n) is 4.69. The van der Waals surface area contributed by atoms with Gasteiger partial charge in [-0.25, -0.2) is 0 Å². The summed E-state index contributed by atoms with van der Waals surface area (Å²) in [4.78, 5) is 2.28.